The molecule has 0 atom stereocenters. The Morgan fingerprint density at radius 2 is 1.82 bits per heavy atom. The van der Waals surface area contributed by atoms with Gasteiger partial charge in [0.05, 0.1) is 11.4 Å². The van der Waals surface area contributed by atoms with Crippen molar-refractivity contribution in [3.05, 3.63) is 21.4 Å². The second kappa shape index (κ2) is 7.77. The molecule has 0 bridgehead atoms. The van der Waals surface area contributed by atoms with Crippen LogP contribution in [0, 0.1) is 0 Å². The molecule has 0 spiro atoms. The highest BCUT2D eigenvalue weighted by atomic mass is 32.1. The normalized spacial score (nSPS) is 14.1. The Bertz CT molecular complexity index is 511. The standard InChI is InChI=1S/C17H26N2O2S/c1-4-19(5-2)16(20)12-18(3)17(21)15-11-13-9-7-6-8-10-14(13)22-15/h11H,4-10,12H2,1-3H3. The summed E-state index contributed by atoms with van der Waals surface area (Å²) in [6.45, 7) is 5.44. The topological polar surface area (TPSA) is 40.6 Å². The van der Waals surface area contributed by atoms with Gasteiger partial charge in [-0.1, -0.05) is 6.42 Å². The van der Waals surface area contributed by atoms with Crippen molar-refractivity contribution in [3.8, 4) is 0 Å². The zero-order valence-electron chi connectivity index (χ0n) is 13.9. The molecule has 0 unspecified atom stereocenters. The van der Waals surface area contributed by atoms with Crippen LogP contribution < -0.4 is 0 Å². The lowest BCUT2D eigenvalue weighted by Gasteiger charge is -2.22. The van der Waals surface area contributed by atoms with E-state index in [1.54, 1.807) is 28.2 Å². The number of fused-ring (bicyclic) bond motifs is 1. The van der Waals surface area contributed by atoms with Crippen molar-refractivity contribution in [2.75, 3.05) is 26.7 Å². The summed E-state index contributed by atoms with van der Waals surface area (Å²) >= 11 is 1.62. The predicted octanol–water partition coefficient (Wildman–Crippen LogP) is 2.96. The second-order valence-corrected chi connectivity index (χ2v) is 6.98. The largest absolute Gasteiger partial charge is 0.342 e. The van der Waals surface area contributed by atoms with Crippen LogP contribution in [0.4, 0.5) is 0 Å². The number of nitrogens with zero attached hydrogens (tertiary/aromatic N) is 2. The third kappa shape index (κ3) is 3.88. The number of likely N-dealkylation sites (N-methyl/N-ethyl adjacent to an activating group) is 2. The summed E-state index contributed by atoms with van der Waals surface area (Å²) in [4.78, 5) is 30.1. The molecule has 22 heavy (non-hydrogen) atoms. The van der Waals surface area contributed by atoms with Gasteiger partial charge in [-0.05, 0) is 51.2 Å². The van der Waals surface area contributed by atoms with Crippen molar-refractivity contribution in [1.82, 2.24) is 9.80 Å². The number of rotatable bonds is 5. The maximum Gasteiger partial charge on any atom is 0.264 e. The fraction of sp³-hybridized carbons (Fsp3) is 0.647. The van der Waals surface area contributed by atoms with Gasteiger partial charge >= 0.3 is 0 Å². The Balaban J connectivity index is 2.03. The highest BCUT2D eigenvalue weighted by Gasteiger charge is 2.21. The molecule has 0 fully saturated rings. The Kier molecular flexibility index (Phi) is 6.00. The van der Waals surface area contributed by atoms with Crippen LogP contribution in [-0.4, -0.2) is 48.3 Å². The molecule has 4 nitrogen and oxygen atoms in total. The lowest BCUT2D eigenvalue weighted by molar-refractivity contribution is -0.131. The van der Waals surface area contributed by atoms with Gasteiger partial charge in [0.1, 0.15) is 0 Å². The van der Waals surface area contributed by atoms with E-state index in [4.69, 9.17) is 0 Å². The first kappa shape index (κ1) is 17.0. The van der Waals surface area contributed by atoms with Gasteiger partial charge in [0.2, 0.25) is 5.91 Å². The number of carbonyl (C=O) groups excluding carboxylic acids is 2. The summed E-state index contributed by atoms with van der Waals surface area (Å²) in [6.07, 6.45) is 5.89. The molecule has 122 valence electrons. The van der Waals surface area contributed by atoms with E-state index in [1.165, 1.54) is 29.7 Å². The maximum absolute atomic E-state index is 12.5. The molecular formula is C17H26N2O2S. The van der Waals surface area contributed by atoms with Crippen molar-refractivity contribution in [3.63, 3.8) is 0 Å². The zero-order valence-corrected chi connectivity index (χ0v) is 14.7. The predicted molar refractivity (Wildman–Crippen MR) is 90.5 cm³/mol. The van der Waals surface area contributed by atoms with Crippen molar-refractivity contribution in [1.29, 1.82) is 0 Å². The fourth-order valence-corrected chi connectivity index (χ4v) is 4.16. The summed E-state index contributed by atoms with van der Waals surface area (Å²) < 4.78 is 0. The third-order valence-corrected chi connectivity index (χ3v) is 5.52. The van der Waals surface area contributed by atoms with Crippen LogP contribution in [0.15, 0.2) is 6.07 Å². The summed E-state index contributed by atoms with van der Waals surface area (Å²) in [6, 6.07) is 2.05. The van der Waals surface area contributed by atoms with Crippen LogP contribution in [0.1, 0.15) is 53.2 Å². The van der Waals surface area contributed by atoms with Crippen molar-refractivity contribution in [2.24, 2.45) is 0 Å². The van der Waals surface area contributed by atoms with Gasteiger partial charge in [-0.2, -0.15) is 0 Å². The van der Waals surface area contributed by atoms with E-state index < -0.39 is 0 Å². The molecule has 0 N–H and O–H groups in total. The molecule has 1 aromatic heterocycles. The molecule has 0 saturated heterocycles. The smallest absolute Gasteiger partial charge is 0.264 e. The van der Waals surface area contributed by atoms with Crippen molar-refractivity contribution < 1.29 is 9.59 Å². The average Bonchev–Trinajstić information content (AvgIpc) is 2.78. The number of amides is 2. The van der Waals surface area contributed by atoms with E-state index in [0.29, 0.717) is 13.1 Å². The zero-order chi connectivity index (χ0) is 16.1. The van der Waals surface area contributed by atoms with Crippen molar-refractivity contribution in [2.45, 2.75) is 46.0 Å². The highest BCUT2D eigenvalue weighted by molar-refractivity contribution is 7.14. The Morgan fingerprint density at radius 3 is 2.50 bits per heavy atom. The number of hydrogen-bond acceptors (Lipinski definition) is 3. The van der Waals surface area contributed by atoms with Gasteiger partial charge in [0.25, 0.3) is 5.91 Å². The Labute approximate surface area is 137 Å². The quantitative estimate of drug-likeness (QED) is 0.782. The SMILES string of the molecule is CCN(CC)C(=O)CN(C)C(=O)c1cc2c(s1)CCCCC2. The maximum atomic E-state index is 12.5. The van der Waals surface area contributed by atoms with Gasteiger partial charge in [0.15, 0.2) is 0 Å². The molecule has 5 heteroatoms. The average molecular weight is 322 g/mol. The van der Waals surface area contributed by atoms with E-state index >= 15 is 0 Å². The van der Waals surface area contributed by atoms with E-state index in [9.17, 15) is 9.59 Å². The molecule has 0 radical (unpaired) electrons. The molecule has 0 aromatic carbocycles. The molecular weight excluding hydrogens is 296 g/mol. The minimum atomic E-state index is -0.0291. The molecule has 2 amide bonds. The van der Waals surface area contributed by atoms with E-state index in [0.717, 1.165) is 17.7 Å². The minimum absolute atomic E-state index is 0.0129. The van der Waals surface area contributed by atoms with E-state index in [-0.39, 0.29) is 18.4 Å². The van der Waals surface area contributed by atoms with Gasteiger partial charge in [-0.3, -0.25) is 9.59 Å². The van der Waals surface area contributed by atoms with Crippen LogP contribution in [0.25, 0.3) is 0 Å². The molecule has 1 aromatic rings. The lowest BCUT2D eigenvalue weighted by Crippen LogP contribution is -2.40. The van der Waals surface area contributed by atoms with Crippen LogP contribution in [-0.2, 0) is 17.6 Å². The van der Waals surface area contributed by atoms with Gasteiger partial charge in [-0.15, -0.1) is 11.3 Å². The Hall–Kier alpha value is -1.36. The molecule has 1 aliphatic carbocycles. The molecule has 0 saturated carbocycles. The van der Waals surface area contributed by atoms with Gasteiger partial charge in [-0.25, -0.2) is 0 Å². The molecule has 1 aliphatic rings. The lowest BCUT2D eigenvalue weighted by atomic mass is 10.1. The third-order valence-electron chi connectivity index (χ3n) is 4.29. The second-order valence-electron chi connectivity index (χ2n) is 5.85. The Morgan fingerprint density at radius 1 is 1.14 bits per heavy atom. The number of carbonyl (C=O) groups is 2. The van der Waals surface area contributed by atoms with Crippen molar-refractivity contribution >= 4 is 23.2 Å². The van der Waals surface area contributed by atoms with Crippen LogP contribution in [0.5, 0.6) is 0 Å². The summed E-state index contributed by atoms with van der Waals surface area (Å²) in [7, 11) is 1.72. The van der Waals surface area contributed by atoms with E-state index in [1.807, 2.05) is 19.9 Å². The van der Waals surface area contributed by atoms with Gasteiger partial charge in [0, 0.05) is 25.0 Å². The highest BCUT2D eigenvalue weighted by Crippen LogP contribution is 2.29. The minimum Gasteiger partial charge on any atom is -0.342 e. The molecule has 1 heterocycles. The van der Waals surface area contributed by atoms with Crippen LogP contribution in [0.3, 0.4) is 0 Å². The first-order chi connectivity index (χ1) is 10.6. The number of hydrogen-bond donors (Lipinski definition) is 0. The monoisotopic (exact) mass is 322 g/mol. The first-order valence-corrected chi connectivity index (χ1v) is 9.03. The van der Waals surface area contributed by atoms with Crippen LogP contribution in [0.2, 0.25) is 0 Å². The number of thiophene rings is 1. The summed E-state index contributed by atoms with van der Waals surface area (Å²) in [5, 5.41) is 0. The van der Waals surface area contributed by atoms with Gasteiger partial charge < -0.3 is 9.80 Å². The summed E-state index contributed by atoms with van der Waals surface area (Å²) in [5.41, 5.74) is 1.34. The summed E-state index contributed by atoms with van der Waals surface area (Å²) in [5.74, 6) is -0.0162. The van der Waals surface area contributed by atoms with Crippen LogP contribution >= 0.6 is 11.3 Å². The van der Waals surface area contributed by atoms with E-state index in [2.05, 4.69) is 0 Å². The molecule has 0 aliphatic heterocycles. The number of aryl methyl sites for hydroxylation is 2. The fourth-order valence-electron chi connectivity index (χ4n) is 2.91. The molecule has 2 rings (SSSR count). The first-order valence-electron chi connectivity index (χ1n) is 8.21.